The van der Waals surface area contributed by atoms with E-state index in [9.17, 15) is 4.79 Å². The molecule has 0 bridgehead atoms. The SMILES string of the molecule is COc1ncccc1-c1nnnn1CC(C)CC(=O)O. The van der Waals surface area contributed by atoms with E-state index in [0.717, 1.165) is 0 Å². The molecule has 2 aromatic heterocycles. The molecule has 8 nitrogen and oxygen atoms in total. The maximum absolute atomic E-state index is 10.7. The van der Waals surface area contributed by atoms with Crippen molar-refractivity contribution < 1.29 is 14.6 Å². The van der Waals surface area contributed by atoms with Crippen LogP contribution in [0.4, 0.5) is 0 Å². The number of methoxy groups -OCH3 is 1. The summed E-state index contributed by atoms with van der Waals surface area (Å²) in [6.45, 7) is 2.24. The molecule has 0 fully saturated rings. The molecule has 2 rings (SSSR count). The van der Waals surface area contributed by atoms with Gasteiger partial charge in [0.25, 0.3) is 0 Å². The fourth-order valence-electron chi connectivity index (χ4n) is 1.90. The number of aromatic nitrogens is 5. The highest BCUT2D eigenvalue weighted by Crippen LogP contribution is 2.25. The normalized spacial score (nSPS) is 12.1. The Morgan fingerprint density at radius 1 is 1.55 bits per heavy atom. The number of hydrogen-bond acceptors (Lipinski definition) is 6. The van der Waals surface area contributed by atoms with Crippen molar-refractivity contribution in [1.29, 1.82) is 0 Å². The van der Waals surface area contributed by atoms with Gasteiger partial charge in [-0.1, -0.05) is 6.92 Å². The molecule has 20 heavy (non-hydrogen) atoms. The summed E-state index contributed by atoms with van der Waals surface area (Å²) in [5.41, 5.74) is 0.669. The van der Waals surface area contributed by atoms with Gasteiger partial charge in [0.05, 0.1) is 12.7 Å². The molecule has 0 spiro atoms. The molecule has 1 N–H and O–H groups in total. The Bertz CT molecular complexity index is 598. The standard InChI is InChI=1S/C12H15N5O3/c1-8(6-10(18)19)7-17-11(14-15-16-17)9-4-3-5-13-12(9)20-2/h3-5,8H,6-7H2,1-2H3,(H,18,19). The predicted octanol–water partition coefficient (Wildman–Crippen LogP) is 0.854. The van der Waals surface area contributed by atoms with Gasteiger partial charge in [0.2, 0.25) is 5.88 Å². The molecular formula is C12H15N5O3. The Hall–Kier alpha value is -2.51. The third-order valence-electron chi connectivity index (χ3n) is 2.74. The van der Waals surface area contributed by atoms with E-state index in [1.807, 2.05) is 6.92 Å². The number of pyridine rings is 1. The zero-order valence-corrected chi connectivity index (χ0v) is 11.2. The molecular weight excluding hydrogens is 262 g/mol. The zero-order chi connectivity index (χ0) is 14.5. The summed E-state index contributed by atoms with van der Waals surface area (Å²) in [6.07, 6.45) is 1.67. The number of tetrazole rings is 1. The van der Waals surface area contributed by atoms with Gasteiger partial charge >= 0.3 is 5.97 Å². The quantitative estimate of drug-likeness (QED) is 0.834. The van der Waals surface area contributed by atoms with Gasteiger partial charge in [0.1, 0.15) is 0 Å². The van der Waals surface area contributed by atoms with Gasteiger partial charge in [0, 0.05) is 19.2 Å². The summed E-state index contributed by atoms with van der Waals surface area (Å²) >= 11 is 0. The lowest BCUT2D eigenvalue weighted by Gasteiger charge is -2.11. The number of carboxylic acids is 1. The van der Waals surface area contributed by atoms with Crippen LogP contribution < -0.4 is 4.74 Å². The predicted molar refractivity (Wildman–Crippen MR) is 69.0 cm³/mol. The zero-order valence-electron chi connectivity index (χ0n) is 11.2. The molecule has 1 atom stereocenters. The van der Waals surface area contributed by atoms with Gasteiger partial charge in [-0.2, -0.15) is 0 Å². The van der Waals surface area contributed by atoms with E-state index in [2.05, 4.69) is 20.5 Å². The maximum Gasteiger partial charge on any atom is 0.303 e. The first-order valence-corrected chi connectivity index (χ1v) is 6.09. The van der Waals surface area contributed by atoms with E-state index in [-0.39, 0.29) is 12.3 Å². The number of hydrogen-bond donors (Lipinski definition) is 1. The van der Waals surface area contributed by atoms with Crippen molar-refractivity contribution in [3.63, 3.8) is 0 Å². The van der Waals surface area contributed by atoms with Crippen LogP contribution >= 0.6 is 0 Å². The van der Waals surface area contributed by atoms with Crippen molar-refractivity contribution in [2.24, 2.45) is 5.92 Å². The molecule has 0 saturated carbocycles. The van der Waals surface area contributed by atoms with E-state index < -0.39 is 5.97 Å². The Kier molecular flexibility index (Phi) is 4.24. The van der Waals surface area contributed by atoms with Crippen molar-refractivity contribution in [3.8, 4) is 17.3 Å². The summed E-state index contributed by atoms with van der Waals surface area (Å²) in [5.74, 6) is 0.00475. The molecule has 2 aromatic rings. The molecule has 0 aliphatic carbocycles. The van der Waals surface area contributed by atoms with Crippen LogP contribution in [-0.4, -0.2) is 43.4 Å². The molecule has 0 aliphatic heterocycles. The smallest absolute Gasteiger partial charge is 0.303 e. The number of ether oxygens (including phenoxy) is 1. The van der Waals surface area contributed by atoms with Crippen molar-refractivity contribution in [2.75, 3.05) is 7.11 Å². The number of rotatable bonds is 6. The van der Waals surface area contributed by atoms with Crippen molar-refractivity contribution in [3.05, 3.63) is 18.3 Å². The summed E-state index contributed by atoms with van der Waals surface area (Å²) in [6, 6.07) is 3.56. The van der Waals surface area contributed by atoms with Crippen molar-refractivity contribution in [2.45, 2.75) is 19.9 Å². The number of aliphatic carboxylic acids is 1. The Morgan fingerprint density at radius 3 is 3.05 bits per heavy atom. The van der Waals surface area contributed by atoms with E-state index in [1.54, 1.807) is 23.0 Å². The highest BCUT2D eigenvalue weighted by molar-refractivity contribution is 5.67. The van der Waals surface area contributed by atoms with Crippen LogP contribution in [0.2, 0.25) is 0 Å². The van der Waals surface area contributed by atoms with E-state index in [0.29, 0.717) is 23.8 Å². The average Bonchev–Trinajstić information content (AvgIpc) is 2.85. The maximum atomic E-state index is 10.7. The Morgan fingerprint density at radius 2 is 2.35 bits per heavy atom. The van der Waals surface area contributed by atoms with Crippen LogP contribution in [0.15, 0.2) is 18.3 Å². The summed E-state index contributed by atoms with van der Waals surface area (Å²) < 4.78 is 6.74. The third-order valence-corrected chi connectivity index (χ3v) is 2.74. The van der Waals surface area contributed by atoms with Crippen molar-refractivity contribution in [1.82, 2.24) is 25.2 Å². The lowest BCUT2D eigenvalue weighted by molar-refractivity contribution is -0.138. The van der Waals surface area contributed by atoms with Gasteiger partial charge in [-0.3, -0.25) is 4.79 Å². The van der Waals surface area contributed by atoms with Crippen LogP contribution in [0.1, 0.15) is 13.3 Å². The molecule has 8 heteroatoms. The van der Waals surface area contributed by atoms with Gasteiger partial charge in [0.15, 0.2) is 5.82 Å². The molecule has 106 valence electrons. The van der Waals surface area contributed by atoms with Gasteiger partial charge in [-0.05, 0) is 28.5 Å². The third kappa shape index (κ3) is 3.08. The monoisotopic (exact) mass is 277 g/mol. The molecule has 2 heterocycles. The van der Waals surface area contributed by atoms with Crippen LogP contribution in [0.3, 0.4) is 0 Å². The van der Waals surface area contributed by atoms with Gasteiger partial charge in [-0.25, -0.2) is 9.67 Å². The van der Waals surface area contributed by atoms with Crippen LogP contribution in [0.5, 0.6) is 5.88 Å². The largest absolute Gasteiger partial charge is 0.481 e. The molecule has 0 aliphatic rings. The summed E-state index contributed by atoms with van der Waals surface area (Å²) in [4.78, 5) is 14.8. The minimum absolute atomic E-state index is 0.0590. The van der Waals surface area contributed by atoms with Crippen LogP contribution in [0.25, 0.3) is 11.4 Å². The molecule has 1 unspecified atom stereocenters. The minimum Gasteiger partial charge on any atom is -0.481 e. The second kappa shape index (κ2) is 6.09. The topological polar surface area (TPSA) is 103 Å². The average molecular weight is 277 g/mol. The molecule has 0 aromatic carbocycles. The first-order valence-electron chi connectivity index (χ1n) is 6.09. The number of nitrogens with zero attached hydrogens (tertiary/aromatic N) is 5. The summed E-state index contributed by atoms with van der Waals surface area (Å²) in [7, 11) is 1.52. The first-order chi connectivity index (χ1) is 9.61. The highest BCUT2D eigenvalue weighted by Gasteiger charge is 2.17. The first kappa shape index (κ1) is 13.9. The second-order valence-corrected chi connectivity index (χ2v) is 4.45. The fourth-order valence-corrected chi connectivity index (χ4v) is 1.90. The number of carboxylic acid groups (broad SMARTS) is 1. The molecule has 0 saturated heterocycles. The van der Waals surface area contributed by atoms with Gasteiger partial charge in [-0.15, -0.1) is 5.10 Å². The highest BCUT2D eigenvalue weighted by atomic mass is 16.5. The van der Waals surface area contributed by atoms with E-state index in [1.165, 1.54) is 7.11 Å². The van der Waals surface area contributed by atoms with E-state index in [4.69, 9.17) is 9.84 Å². The van der Waals surface area contributed by atoms with Crippen molar-refractivity contribution >= 4 is 5.97 Å². The van der Waals surface area contributed by atoms with E-state index >= 15 is 0 Å². The lowest BCUT2D eigenvalue weighted by Crippen LogP contribution is -2.14. The Labute approximate surface area is 115 Å². The van der Waals surface area contributed by atoms with Crippen LogP contribution in [-0.2, 0) is 11.3 Å². The molecule has 0 radical (unpaired) electrons. The Balaban J connectivity index is 2.26. The lowest BCUT2D eigenvalue weighted by atomic mass is 10.1. The second-order valence-electron chi connectivity index (χ2n) is 4.45. The minimum atomic E-state index is -0.842. The molecule has 0 amide bonds. The van der Waals surface area contributed by atoms with Crippen LogP contribution in [0, 0.1) is 5.92 Å². The fraction of sp³-hybridized carbons (Fsp3) is 0.417. The summed E-state index contributed by atoms with van der Waals surface area (Å²) in [5, 5.41) is 20.3. The van der Waals surface area contributed by atoms with Gasteiger partial charge < -0.3 is 9.84 Å². The number of carbonyl (C=O) groups is 1.